The molecule has 2 aromatic carbocycles. The van der Waals surface area contributed by atoms with Crippen molar-refractivity contribution in [1.82, 2.24) is 0 Å². The van der Waals surface area contributed by atoms with Gasteiger partial charge in [-0.3, -0.25) is 19.2 Å². The van der Waals surface area contributed by atoms with Crippen LogP contribution in [-0.4, -0.2) is 61.2 Å². The van der Waals surface area contributed by atoms with Gasteiger partial charge in [0.15, 0.2) is 12.2 Å². The molecule has 1 fully saturated rings. The summed E-state index contributed by atoms with van der Waals surface area (Å²) in [5.74, 6) is -2.61. The SMILES string of the molecule is CC(=O)OC[C@H]1O[C@@H](Oc2ccccc2C(C)c2ccc(C#N)cc2)[C@H](OC(C)=O)[C@@H](OC(C)=O)[C@@H]1OC(C)=O. The molecule has 0 aromatic heterocycles. The zero-order valence-electron chi connectivity index (χ0n) is 22.8. The quantitative estimate of drug-likeness (QED) is 0.333. The summed E-state index contributed by atoms with van der Waals surface area (Å²) in [6.07, 6.45) is -6.45. The minimum atomic E-state index is -1.35. The Hall–Kier alpha value is -4.43. The van der Waals surface area contributed by atoms with Crippen LogP contribution in [0.1, 0.15) is 57.2 Å². The van der Waals surface area contributed by atoms with E-state index in [-0.39, 0.29) is 12.5 Å². The zero-order chi connectivity index (χ0) is 29.4. The fourth-order valence-corrected chi connectivity index (χ4v) is 4.38. The first-order valence-electron chi connectivity index (χ1n) is 12.6. The van der Waals surface area contributed by atoms with Crippen molar-refractivity contribution in [1.29, 1.82) is 5.26 Å². The van der Waals surface area contributed by atoms with Crippen LogP contribution in [0.3, 0.4) is 0 Å². The zero-order valence-corrected chi connectivity index (χ0v) is 22.8. The third kappa shape index (κ3) is 7.80. The van der Waals surface area contributed by atoms with E-state index in [2.05, 4.69) is 6.07 Å². The summed E-state index contributed by atoms with van der Waals surface area (Å²) in [7, 11) is 0. The van der Waals surface area contributed by atoms with E-state index in [4.69, 9.17) is 33.7 Å². The average Bonchev–Trinajstić information content (AvgIpc) is 2.90. The molecule has 3 rings (SSSR count). The molecule has 212 valence electrons. The number of nitrogens with zero attached hydrogens (tertiary/aromatic N) is 1. The van der Waals surface area contributed by atoms with Crippen LogP contribution in [0.2, 0.25) is 0 Å². The van der Waals surface area contributed by atoms with Crippen molar-refractivity contribution in [2.24, 2.45) is 0 Å². The summed E-state index contributed by atoms with van der Waals surface area (Å²) in [4.78, 5) is 47.7. The van der Waals surface area contributed by atoms with Gasteiger partial charge in [-0.25, -0.2) is 0 Å². The highest BCUT2D eigenvalue weighted by Gasteiger charge is 2.53. The first-order valence-corrected chi connectivity index (χ1v) is 12.6. The molecule has 0 aliphatic carbocycles. The highest BCUT2D eigenvalue weighted by atomic mass is 16.7. The normalized spacial score (nSPS) is 22.6. The molecular weight excluding hydrogens is 522 g/mol. The number of rotatable bonds is 9. The first-order chi connectivity index (χ1) is 19.0. The average molecular weight is 554 g/mol. The van der Waals surface area contributed by atoms with Gasteiger partial charge in [0.05, 0.1) is 11.6 Å². The van der Waals surface area contributed by atoms with Crippen molar-refractivity contribution in [3.63, 3.8) is 0 Å². The second-order valence-corrected chi connectivity index (χ2v) is 9.18. The Kier molecular flexibility index (Phi) is 10.2. The number of carbonyl (C=O) groups is 4. The van der Waals surface area contributed by atoms with Gasteiger partial charge < -0.3 is 28.4 Å². The Balaban J connectivity index is 2.02. The number of hydrogen-bond donors (Lipinski definition) is 0. The van der Waals surface area contributed by atoms with Crippen molar-refractivity contribution >= 4 is 23.9 Å². The van der Waals surface area contributed by atoms with Crippen molar-refractivity contribution < 1.29 is 47.6 Å². The van der Waals surface area contributed by atoms with Crippen LogP contribution in [0.15, 0.2) is 48.5 Å². The Morgan fingerprint density at radius 2 is 1.40 bits per heavy atom. The first kappa shape index (κ1) is 30.1. The number of benzene rings is 2. The minimum Gasteiger partial charge on any atom is -0.463 e. The number of esters is 4. The van der Waals surface area contributed by atoms with E-state index in [0.717, 1.165) is 31.9 Å². The van der Waals surface area contributed by atoms with Crippen LogP contribution < -0.4 is 4.74 Å². The Morgan fingerprint density at radius 3 is 1.98 bits per heavy atom. The number of ether oxygens (including phenoxy) is 6. The molecule has 0 N–H and O–H groups in total. The molecule has 1 saturated heterocycles. The third-order valence-corrected chi connectivity index (χ3v) is 6.12. The molecule has 6 atom stereocenters. The van der Waals surface area contributed by atoms with E-state index in [1.54, 1.807) is 24.3 Å². The fourth-order valence-electron chi connectivity index (χ4n) is 4.38. The molecule has 1 aliphatic heterocycles. The number of hydrogen-bond acceptors (Lipinski definition) is 11. The van der Waals surface area contributed by atoms with Gasteiger partial charge in [0.25, 0.3) is 0 Å². The van der Waals surface area contributed by atoms with Gasteiger partial charge in [-0.1, -0.05) is 37.3 Å². The Labute approximate surface area is 231 Å². The molecule has 11 heteroatoms. The van der Waals surface area contributed by atoms with Crippen molar-refractivity contribution in [2.45, 2.75) is 71.2 Å². The van der Waals surface area contributed by atoms with E-state index >= 15 is 0 Å². The highest BCUT2D eigenvalue weighted by molar-refractivity contribution is 5.68. The van der Waals surface area contributed by atoms with Gasteiger partial charge in [0.1, 0.15) is 18.5 Å². The van der Waals surface area contributed by atoms with Crippen molar-refractivity contribution in [3.8, 4) is 11.8 Å². The molecule has 0 spiro atoms. The smallest absolute Gasteiger partial charge is 0.303 e. The number of carbonyl (C=O) groups excluding carboxylic acids is 4. The molecule has 0 amide bonds. The molecule has 11 nitrogen and oxygen atoms in total. The van der Waals surface area contributed by atoms with E-state index in [0.29, 0.717) is 11.3 Å². The second kappa shape index (κ2) is 13.6. The van der Waals surface area contributed by atoms with Gasteiger partial charge in [0, 0.05) is 39.2 Å². The van der Waals surface area contributed by atoms with Crippen molar-refractivity contribution in [3.05, 3.63) is 65.2 Å². The fraction of sp³-hybridized carbons (Fsp3) is 0.414. The lowest BCUT2D eigenvalue weighted by atomic mass is 9.92. The molecule has 1 heterocycles. The minimum absolute atomic E-state index is 0.186. The van der Waals surface area contributed by atoms with Gasteiger partial charge in [0.2, 0.25) is 12.4 Å². The maximum atomic E-state index is 12.1. The summed E-state index contributed by atoms with van der Waals surface area (Å²) in [6.45, 7) is 6.25. The van der Waals surface area contributed by atoms with Gasteiger partial charge in [-0.15, -0.1) is 0 Å². The third-order valence-electron chi connectivity index (χ3n) is 6.12. The Bertz CT molecular complexity index is 1270. The molecule has 1 unspecified atom stereocenters. The predicted molar refractivity (Wildman–Crippen MR) is 138 cm³/mol. The standard InChI is InChI=1S/C29H31NO10/c1-16(22-12-10-21(14-30)11-13-22)23-8-6-7-9-24(23)39-29-28(38-20(5)34)27(37-19(4)33)26(36-18(3)32)25(40-29)15-35-17(2)31/h6-13,16,25-29H,15H2,1-5H3/t16?,25-,26-,27+,28-,29-/m1/s1. The molecule has 40 heavy (non-hydrogen) atoms. The van der Waals surface area contributed by atoms with Gasteiger partial charge >= 0.3 is 23.9 Å². The topological polar surface area (TPSA) is 147 Å². The maximum absolute atomic E-state index is 12.1. The number of para-hydroxylation sites is 1. The largest absolute Gasteiger partial charge is 0.463 e. The van der Waals surface area contributed by atoms with Crippen LogP contribution in [0.25, 0.3) is 0 Å². The van der Waals surface area contributed by atoms with Crippen LogP contribution in [-0.2, 0) is 42.9 Å². The van der Waals surface area contributed by atoms with Crippen LogP contribution in [0.5, 0.6) is 5.75 Å². The predicted octanol–water partition coefficient (Wildman–Crippen LogP) is 3.17. The van der Waals surface area contributed by atoms with Crippen molar-refractivity contribution in [2.75, 3.05) is 6.61 Å². The molecule has 1 aliphatic rings. The van der Waals surface area contributed by atoms with E-state index in [1.165, 1.54) is 6.92 Å². The highest BCUT2D eigenvalue weighted by Crippen LogP contribution is 2.36. The molecule has 0 radical (unpaired) electrons. The van der Waals surface area contributed by atoms with E-state index < -0.39 is 54.6 Å². The monoisotopic (exact) mass is 553 g/mol. The van der Waals surface area contributed by atoms with Gasteiger partial charge in [-0.2, -0.15) is 5.26 Å². The summed E-state index contributed by atoms with van der Waals surface area (Å²) in [5, 5.41) is 9.12. The van der Waals surface area contributed by atoms with E-state index in [9.17, 15) is 19.2 Å². The maximum Gasteiger partial charge on any atom is 0.303 e. The van der Waals surface area contributed by atoms with Crippen LogP contribution in [0.4, 0.5) is 0 Å². The van der Waals surface area contributed by atoms with Gasteiger partial charge in [-0.05, 0) is 23.8 Å². The molecule has 0 bridgehead atoms. The summed E-state index contributed by atoms with van der Waals surface area (Å²) >= 11 is 0. The van der Waals surface area contributed by atoms with Crippen LogP contribution in [0, 0.1) is 11.3 Å². The lowest BCUT2D eigenvalue weighted by Crippen LogP contribution is -2.63. The van der Waals surface area contributed by atoms with Crippen LogP contribution >= 0.6 is 0 Å². The summed E-state index contributed by atoms with van der Waals surface area (Å²) in [6, 6.07) is 16.3. The summed E-state index contributed by atoms with van der Waals surface area (Å²) in [5.41, 5.74) is 2.19. The summed E-state index contributed by atoms with van der Waals surface area (Å²) < 4.78 is 33.8. The number of nitriles is 1. The molecule has 2 aromatic rings. The Morgan fingerprint density at radius 1 is 0.825 bits per heavy atom. The lowest BCUT2D eigenvalue weighted by molar-refractivity contribution is -0.288. The second-order valence-electron chi connectivity index (χ2n) is 9.18. The lowest BCUT2D eigenvalue weighted by Gasteiger charge is -2.44. The van der Waals surface area contributed by atoms with E-state index in [1.807, 2.05) is 31.2 Å². The molecular formula is C29H31NO10. The molecule has 0 saturated carbocycles.